The molecule has 1 aliphatic carbocycles. The minimum Gasteiger partial charge on any atom is -0.348 e. The Morgan fingerprint density at radius 1 is 1.33 bits per heavy atom. The van der Waals surface area contributed by atoms with Gasteiger partial charge in [-0.2, -0.15) is 13.2 Å². The topological polar surface area (TPSA) is 29.1 Å². The fraction of sp³-hybridized carbons (Fsp3) is 0.900. The highest BCUT2D eigenvalue weighted by Gasteiger charge is 2.40. The van der Waals surface area contributed by atoms with E-state index in [0.717, 1.165) is 12.8 Å². The van der Waals surface area contributed by atoms with Gasteiger partial charge in [-0.3, -0.25) is 4.79 Å². The number of rotatable bonds is 4. The first-order valence-electron chi connectivity index (χ1n) is 5.08. The molecule has 0 unspecified atom stereocenters. The zero-order valence-corrected chi connectivity index (χ0v) is 8.95. The number of halogens is 3. The Labute approximate surface area is 87.2 Å². The van der Waals surface area contributed by atoms with Crippen LogP contribution in [0.2, 0.25) is 0 Å². The molecule has 0 bridgehead atoms. The van der Waals surface area contributed by atoms with Crippen LogP contribution in [-0.2, 0) is 4.79 Å². The van der Waals surface area contributed by atoms with Crippen LogP contribution in [0.4, 0.5) is 13.2 Å². The van der Waals surface area contributed by atoms with Gasteiger partial charge in [0.15, 0.2) is 0 Å². The van der Waals surface area contributed by atoms with Crippen molar-refractivity contribution in [2.75, 3.05) is 6.54 Å². The molecule has 0 spiro atoms. The van der Waals surface area contributed by atoms with E-state index in [1.54, 1.807) is 0 Å². The Balaban J connectivity index is 2.24. The fourth-order valence-electron chi connectivity index (χ4n) is 1.67. The van der Waals surface area contributed by atoms with Gasteiger partial charge in [-0.15, -0.1) is 0 Å². The van der Waals surface area contributed by atoms with Gasteiger partial charge in [0.1, 0.15) is 0 Å². The Morgan fingerprint density at radius 3 is 2.27 bits per heavy atom. The summed E-state index contributed by atoms with van der Waals surface area (Å²) in [6.45, 7) is 4.16. The molecule has 0 heterocycles. The monoisotopic (exact) mass is 223 g/mol. The number of hydrogen-bond donors (Lipinski definition) is 1. The second-order valence-corrected chi connectivity index (χ2v) is 4.77. The van der Waals surface area contributed by atoms with Crippen LogP contribution in [0.3, 0.4) is 0 Å². The van der Waals surface area contributed by atoms with Crippen molar-refractivity contribution in [2.24, 2.45) is 11.3 Å². The van der Waals surface area contributed by atoms with Gasteiger partial charge in [0.05, 0.1) is 0 Å². The summed E-state index contributed by atoms with van der Waals surface area (Å²) in [6.07, 6.45) is -1.86. The van der Waals surface area contributed by atoms with Crippen molar-refractivity contribution >= 4 is 5.91 Å². The van der Waals surface area contributed by atoms with Gasteiger partial charge in [-0.25, -0.2) is 0 Å². The number of alkyl halides is 3. The van der Waals surface area contributed by atoms with Crippen LogP contribution in [0, 0.1) is 11.3 Å². The second-order valence-electron chi connectivity index (χ2n) is 4.77. The SMILES string of the molecule is CC(C)(CCNC(=O)C(F)(F)F)C1CC1. The van der Waals surface area contributed by atoms with Gasteiger partial charge >= 0.3 is 12.1 Å². The molecule has 1 fully saturated rings. The van der Waals surface area contributed by atoms with Crippen molar-refractivity contribution in [1.29, 1.82) is 0 Å². The van der Waals surface area contributed by atoms with Gasteiger partial charge in [0.2, 0.25) is 0 Å². The lowest BCUT2D eigenvalue weighted by Crippen LogP contribution is -2.38. The van der Waals surface area contributed by atoms with Gasteiger partial charge < -0.3 is 5.32 Å². The van der Waals surface area contributed by atoms with E-state index in [9.17, 15) is 18.0 Å². The maximum Gasteiger partial charge on any atom is 0.471 e. The van der Waals surface area contributed by atoms with Crippen LogP contribution in [0.1, 0.15) is 33.1 Å². The summed E-state index contributed by atoms with van der Waals surface area (Å²) in [7, 11) is 0. The second kappa shape index (κ2) is 4.02. The number of amides is 1. The summed E-state index contributed by atoms with van der Waals surface area (Å²) in [4.78, 5) is 10.5. The average Bonchev–Trinajstić information content (AvgIpc) is 2.83. The van der Waals surface area contributed by atoms with Gasteiger partial charge in [0, 0.05) is 6.54 Å². The predicted molar refractivity (Wildman–Crippen MR) is 50.2 cm³/mol. The van der Waals surface area contributed by atoms with E-state index in [1.165, 1.54) is 0 Å². The maximum absolute atomic E-state index is 11.8. The molecule has 15 heavy (non-hydrogen) atoms. The summed E-state index contributed by atoms with van der Waals surface area (Å²) in [5, 5.41) is 1.90. The minimum atomic E-state index is -4.76. The van der Waals surface area contributed by atoms with Crippen LogP contribution < -0.4 is 5.32 Å². The van der Waals surface area contributed by atoms with Crippen molar-refractivity contribution in [3.05, 3.63) is 0 Å². The third-order valence-electron chi connectivity index (χ3n) is 2.99. The third kappa shape index (κ3) is 3.72. The molecule has 0 saturated heterocycles. The largest absolute Gasteiger partial charge is 0.471 e. The molecular weight excluding hydrogens is 207 g/mol. The number of carbonyl (C=O) groups is 1. The van der Waals surface area contributed by atoms with E-state index >= 15 is 0 Å². The lowest BCUT2D eigenvalue weighted by molar-refractivity contribution is -0.173. The molecule has 0 atom stereocenters. The van der Waals surface area contributed by atoms with E-state index in [4.69, 9.17) is 0 Å². The number of carbonyl (C=O) groups excluding carboxylic acids is 1. The van der Waals surface area contributed by atoms with E-state index in [1.807, 2.05) is 19.2 Å². The predicted octanol–water partition coefficient (Wildman–Crippen LogP) is 2.49. The molecule has 5 heteroatoms. The highest BCUT2D eigenvalue weighted by Crippen LogP contribution is 2.46. The molecule has 0 radical (unpaired) electrons. The molecule has 1 aliphatic rings. The highest BCUT2D eigenvalue weighted by molar-refractivity contribution is 5.81. The van der Waals surface area contributed by atoms with Crippen LogP contribution in [0.15, 0.2) is 0 Å². The van der Waals surface area contributed by atoms with Crippen molar-refractivity contribution in [3.8, 4) is 0 Å². The highest BCUT2D eigenvalue weighted by atomic mass is 19.4. The maximum atomic E-state index is 11.8. The summed E-state index contributed by atoms with van der Waals surface area (Å²) in [5.74, 6) is -1.23. The molecule has 0 aromatic rings. The van der Waals surface area contributed by atoms with E-state index in [-0.39, 0.29) is 12.0 Å². The van der Waals surface area contributed by atoms with E-state index in [2.05, 4.69) is 0 Å². The zero-order valence-electron chi connectivity index (χ0n) is 8.95. The van der Waals surface area contributed by atoms with E-state index in [0.29, 0.717) is 12.3 Å². The molecule has 0 aromatic carbocycles. The van der Waals surface area contributed by atoms with Crippen molar-refractivity contribution in [2.45, 2.75) is 39.3 Å². The first-order chi connectivity index (χ1) is 6.73. The average molecular weight is 223 g/mol. The summed E-state index contributed by atoms with van der Waals surface area (Å²) in [6, 6.07) is 0. The van der Waals surface area contributed by atoms with Crippen molar-refractivity contribution < 1.29 is 18.0 Å². The first kappa shape index (κ1) is 12.3. The molecular formula is C10H16F3NO. The molecule has 1 rings (SSSR count). The normalized spacial score (nSPS) is 17.7. The lowest BCUT2D eigenvalue weighted by atomic mass is 9.84. The Morgan fingerprint density at radius 2 is 1.87 bits per heavy atom. The third-order valence-corrected chi connectivity index (χ3v) is 2.99. The first-order valence-corrected chi connectivity index (χ1v) is 5.08. The Bertz CT molecular complexity index is 244. The summed E-state index contributed by atoms with van der Waals surface area (Å²) in [5.41, 5.74) is 0.0406. The Hall–Kier alpha value is -0.740. The van der Waals surface area contributed by atoms with Crippen LogP contribution in [0.5, 0.6) is 0 Å². The van der Waals surface area contributed by atoms with Crippen LogP contribution >= 0.6 is 0 Å². The lowest BCUT2D eigenvalue weighted by Gasteiger charge is -2.24. The molecule has 88 valence electrons. The number of nitrogens with one attached hydrogen (secondary N) is 1. The number of hydrogen-bond acceptors (Lipinski definition) is 1. The molecule has 1 amide bonds. The van der Waals surface area contributed by atoms with Crippen molar-refractivity contribution in [1.82, 2.24) is 5.32 Å². The molecule has 0 aromatic heterocycles. The van der Waals surface area contributed by atoms with Crippen LogP contribution in [0.25, 0.3) is 0 Å². The fourth-order valence-corrected chi connectivity index (χ4v) is 1.67. The standard InChI is InChI=1S/C10H16F3NO/c1-9(2,7-3-4-7)5-6-14-8(15)10(11,12)13/h7H,3-6H2,1-2H3,(H,14,15). The van der Waals surface area contributed by atoms with Gasteiger partial charge in [-0.05, 0) is 30.6 Å². The van der Waals surface area contributed by atoms with E-state index < -0.39 is 12.1 Å². The zero-order chi connectivity index (χ0) is 11.7. The smallest absolute Gasteiger partial charge is 0.348 e. The van der Waals surface area contributed by atoms with Crippen LogP contribution in [-0.4, -0.2) is 18.6 Å². The summed E-state index contributed by atoms with van der Waals surface area (Å²) >= 11 is 0. The van der Waals surface area contributed by atoms with Crippen molar-refractivity contribution in [3.63, 3.8) is 0 Å². The van der Waals surface area contributed by atoms with Gasteiger partial charge in [0.25, 0.3) is 0 Å². The molecule has 0 aliphatic heterocycles. The molecule has 2 nitrogen and oxygen atoms in total. The molecule has 1 N–H and O–H groups in total. The Kier molecular flexibility index (Phi) is 3.31. The quantitative estimate of drug-likeness (QED) is 0.779. The van der Waals surface area contributed by atoms with Gasteiger partial charge in [-0.1, -0.05) is 13.8 Å². The summed E-state index contributed by atoms with van der Waals surface area (Å²) < 4.78 is 35.5. The minimum absolute atomic E-state index is 0.0406. The molecule has 1 saturated carbocycles.